The molecule has 2 atom stereocenters. The van der Waals surface area contributed by atoms with Gasteiger partial charge in [-0.3, -0.25) is 4.79 Å². The zero-order valence-corrected chi connectivity index (χ0v) is 10.9. The van der Waals surface area contributed by atoms with Crippen molar-refractivity contribution in [1.29, 1.82) is 0 Å². The third-order valence-electron chi connectivity index (χ3n) is 3.52. The van der Waals surface area contributed by atoms with E-state index < -0.39 is 18.0 Å². The van der Waals surface area contributed by atoms with Gasteiger partial charge in [0.25, 0.3) is 0 Å². The summed E-state index contributed by atoms with van der Waals surface area (Å²) in [7, 11) is 0. The summed E-state index contributed by atoms with van der Waals surface area (Å²) in [5.41, 5.74) is 0.574. The topological polar surface area (TPSA) is 17.1 Å². The lowest BCUT2D eigenvalue weighted by molar-refractivity contribution is -0.184. The SMILES string of the molecule is Cc1cc(C(=O)C2CCCC(C(F)(F)F)C2)cs1. The molecule has 2 unspecified atom stereocenters. The molecule has 1 heterocycles. The van der Waals surface area contributed by atoms with Gasteiger partial charge in [0.1, 0.15) is 0 Å². The van der Waals surface area contributed by atoms with Gasteiger partial charge in [0, 0.05) is 21.7 Å². The molecular weight excluding hydrogens is 261 g/mol. The molecule has 1 fully saturated rings. The number of Topliss-reactive ketones (excluding diaryl/α,β-unsaturated/α-hetero) is 1. The highest BCUT2D eigenvalue weighted by molar-refractivity contribution is 7.10. The first-order valence-corrected chi connectivity index (χ1v) is 6.92. The molecule has 2 rings (SSSR count). The van der Waals surface area contributed by atoms with Crippen molar-refractivity contribution in [2.45, 2.75) is 38.8 Å². The quantitative estimate of drug-likeness (QED) is 0.721. The first-order valence-electron chi connectivity index (χ1n) is 6.04. The smallest absolute Gasteiger partial charge is 0.294 e. The van der Waals surface area contributed by atoms with Crippen LogP contribution >= 0.6 is 11.3 Å². The molecule has 0 saturated heterocycles. The molecule has 18 heavy (non-hydrogen) atoms. The summed E-state index contributed by atoms with van der Waals surface area (Å²) in [4.78, 5) is 13.1. The highest BCUT2D eigenvalue weighted by Gasteiger charge is 2.43. The molecule has 1 aromatic heterocycles. The van der Waals surface area contributed by atoms with Crippen molar-refractivity contribution in [3.63, 3.8) is 0 Å². The second kappa shape index (κ2) is 5.03. The van der Waals surface area contributed by atoms with Gasteiger partial charge in [0.15, 0.2) is 5.78 Å². The molecule has 100 valence electrons. The van der Waals surface area contributed by atoms with Crippen LogP contribution in [0.3, 0.4) is 0 Å². The van der Waals surface area contributed by atoms with Crippen LogP contribution in [0.25, 0.3) is 0 Å². The van der Waals surface area contributed by atoms with E-state index in [1.54, 1.807) is 11.4 Å². The molecule has 0 amide bonds. The summed E-state index contributed by atoms with van der Waals surface area (Å²) >= 11 is 1.46. The number of rotatable bonds is 2. The third-order valence-corrected chi connectivity index (χ3v) is 4.38. The van der Waals surface area contributed by atoms with Crippen LogP contribution < -0.4 is 0 Å². The molecule has 1 nitrogen and oxygen atoms in total. The maximum atomic E-state index is 12.7. The number of halogens is 3. The minimum atomic E-state index is -4.16. The van der Waals surface area contributed by atoms with Crippen molar-refractivity contribution in [3.8, 4) is 0 Å². The standard InChI is InChI=1S/C13H15F3OS/c1-8-5-10(7-18-8)12(17)9-3-2-4-11(6-9)13(14,15)16/h5,7,9,11H,2-4,6H2,1H3. The normalized spacial score (nSPS) is 25.1. The predicted molar refractivity (Wildman–Crippen MR) is 64.9 cm³/mol. The Balaban J connectivity index is 2.07. The zero-order chi connectivity index (χ0) is 13.3. The van der Waals surface area contributed by atoms with Crippen LogP contribution in [0, 0.1) is 18.8 Å². The summed E-state index contributed by atoms with van der Waals surface area (Å²) in [5, 5.41) is 1.74. The lowest BCUT2D eigenvalue weighted by Crippen LogP contribution is -2.31. The average molecular weight is 276 g/mol. The van der Waals surface area contributed by atoms with E-state index in [1.807, 2.05) is 6.92 Å². The fraction of sp³-hybridized carbons (Fsp3) is 0.615. The van der Waals surface area contributed by atoms with Crippen molar-refractivity contribution in [2.24, 2.45) is 11.8 Å². The summed E-state index contributed by atoms with van der Waals surface area (Å²) in [5.74, 6) is -1.88. The van der Waals surface area contributed by atoms with E-state index in [-0.39, 0.29) is 18.6 Å². The van der Waals surface area contributed by atoms with E-state index in [0.717, 1.165) is 4.88 Å². The van der Waals surface area contributed by atoms with Gasteiger partial charge in [-0.2, -0.15) is 13.2 Å². The molecule has 0 aromatic carbocycles. The van der Waals surface area contributed by atoms with Gasteiger partial charge in [-0.15, -0.1) is 11.3 Å². The highest BCUT2D eigenvalue weighted by atomic mass is 32.1. The van der Waals surface area contributed by atoms with Crippen molar-refractivity contribution in [1.82, 2.24) is 0 Å². The number of aryl methyl sites for hydroxylation is 1. The minimum Gasteiger partial charge on any atom is -0.294 e. The number of alkyl halides is 3. The van der Waals surface area contributed by atoms with Crippen LogP contribution in [-0.2, 0) is 0 Å². The molecule has 1 aliphatic carbocycles. The molecule has 5 heteroatoms. The lowest BCUT2D eigenvalue weighted by Gasteiger charge is -2.29. The highest BCUT2D eigenvalue weighted by Crippen LogP contribution is 2.41. The molecule has 1 aromatic rings. The Hall–Kier alpha value is -0.840. The molecule has 0 radical (unpaired) electrons. The van der Waals surface area contributed by atoms with Crippen LogP contribution in [0.15, 0.2) is 11.4 Å². The van der Waals surface area contributed by atoms with E-state index in [1.165, 1.54) is 11.3 Å². The number of hydrogen-bond acceptors (Lipinski definition) is 2. The van der Waals surface area contributed by atoms with Crippen LogP contribution in [0.5, 0.6) is 0 Å². The Bertz CT molecular complexity index is 436. The third kappa shape index (κ3) is 2.94. The second-order valence-corrected chi connectivity index (χ2v) is 6.03. The number of ketones is 1. The molecule has 1 saturated carbocycles. The average Bonchev–Trinajstić information content (AvgIpc) is 2.74. The Morgan fingerprint density at radius 2 is 2.11 bits per heavy atom. The van der Waals surface area contributed by atoms with Crippen molar-refractivity contribution in [3.05, 3.63) is 21.9 Å². The van der Waals surface area contributed by atoms with Gasteiger partial charge in [-0.1, -0.05) is 6.42 Å². The van der Waals surface area contributed by atoms with E-state index in [9.17, 15) is 18.0 Å². The van der Waals surface area contributed by atoms with Crippen molar-refractivity contribution in [2.75, 3.05) is 0 Å². The van der Waals surface area contributed by atoms with E-state index >= 15 is 0 Å². The minimum absolute atomic E-state index is 0.0444. The Kier molecular flexibility index (Phi) is 3.80. The van der Waals surface area contributed by atoms with Crippen molar-refractivity contribution < 1.29 is 18.0 Å². The van der Waals surface area contributed by atoms with Crippen molar-refractivity contribution >= 4 is 17.1 Å². The van der Waals surface area contributed by atoms with Gasteiger partial charge in [-0.25, -0.2) is 0 Å². The molecule has 0 N–H and O–H groups in total. The van der Waals surface area contributed by atoms with Crippen LogP contribution in [0.1, 0.15) is 40.9 Å². The van der Waals surface area contributed by atoms with Gasteiger partial charge < -0.3 is 0 Å². The second-order valence-electron chi connectivity index (χ2n) is 4.91. The number of carbonyl (C=O) groups is 1. The van der Waals surface area contributed by atoms with Crippen LogP contribution in [0.4, 0.5) is 13.2 Å². The summed E-state index contributed by atoms with van der Waals surface area (Å²) in [6.07, 6.45) is -2.97. The number of hydrogen-bond donors (Lipinski definition) is 0. The van der Waals surface area contributed by atoms with E-state index in [2.05, 4.69) is 0 Å². The monoisotopic (exact) mass is 276 g/mol. The molecule has 1 aliphatic rings. The van der Waals surface area contributed by atoms with Gasteiger partial charge in [0.2, 0.25) is 0 Å². The Morgan fingerprint density at radius 1 is 1.39 bits per heavy atom. The fourth-order valence-electron chi connectivity index (χ4n) is 2.53. The van der Waals surface area contributed by atoms with Gasteiger partial charge in [-0.05, 0) is 32.3 Å². The largest absolute Gasteiger partial charge is 0.391 e. The molecule has 0 bridgehead atoms. The van der Waals surface area contributed by atoms with Crippen LogP contribution in [0.2, 0.25) is 0 Å². The summed E-state index contributed by atoms with van der Waals surface area (Å²) < 4.78 is 38.0. The first kappa shape index (κ1) is 13.6. The van der Waals surface area contributed by atoms with E-state index in [4.69, 9.17) is 0 Å². The molecule has 0 spiro atoms. The Morgan fingerprint density at radius 3 is 2.67 bits per heavy atom. The Labute approximate surface area is 108 Å². The summed E-state index contributed by atoms with van der Waals surface area (Å²) in [6.45, 7) is 1.89. The number of carbonyl (C=O) groups excluding carboxylic acids is 1. The predicted octanol–water partition coefficient (Wildman–Crippen LogP) is 4.61. The van der Waals surface area contributed by atoms with E-state index in [0.29, 0.717) is 18.4 Å². The summed E-state index contributed by atoms with van der Waals surface area (Å²) in [6, 6.07) is 1.77. The fourth-order valence-corrected chi connectivity index (χ4v) is 3.23. The maximum absolute atomic E-state index is 12.7. The van der Waals surface area contributed by atoms with Gasteiger partial charge >= 0.3 is 6.18 Å². The molecular formula is C13H15F3OS. The first-order chi connectivity index (χ1) is 8.38. The number of thiophene rings is 1. The van der Waals surface area contributed by atoms with Gasteiger partial charge in [0.05, 0.1) is 5.92 Å². The zero-order valence-electron chi connectivity index (χ0n) is 10.1. The maximum Gasteiger partial charge on any atom is 0.391 e. The lowest BCUT2D eigenvalue weighted by atomic mass is 9.78. The van der Waals surface area contributed by atoms with Crippen LogP contribution in [-0.4, -0.2) is 12.0 Å². The molecule has 0 aliphatic heterocycles.